The molecule has 0 aliphatic carbocycles. The molecule has 0 bridgehead atoms. The Hall–Kier alpha value is -2.28. The number of hydrogen-bond donors (Lipinski definition) is 4. The molecule has 1 fully saturated rings. The van der Waals surface area contributed by atoms with Gasteiger partial charge < -0.3 is 20.1 Å². The summed E-state index contributed by atoms with van der Waals surface area (Å²) in [7, 11) is 0. The lowest BCUT2D eigenvalue weighted by molar-refractivity contribution is -0.175. The molecule has 1 saturated heterocycles. The molecule has 5 atom stereocenters. The number of rotatable bonds is 7. The minimum atomic E-state index is -5.11. The van der Waals surface area contributed by atoms with Crippen molar-refractivity contribution in [3.8, 4) is 0 Å². The van der Waals surface area contributed by atoms with Gasteiger partial charge in [0.2, 0.25) is 5.78 Å². The first-order valence-electron chi connectivity index (χ1n) is 9.08. The predicted molar refractivity (Wildman–Crippen MR) is 96.6 cm³/mol. The van der Waals surface area contributed by atoms with Gasteiger partial charge in [-0.25, -0.2) is 4.79 Å². The molecule has 2 rings (SSSR count). The molecule has 0 radical (unpaired) electrons. The van der Waals surface area contributed by atoms with Gasteiger partial charge in [-0.1, -0.05) is 11.6 Å². The maximum atomic E-state index is 13.0. The van der Waals surface area contributed by atoms with Crippen LogP contribution in [0.4, 0.5) is 13.2 Å². The maximum absolute atomic E-state index is 13.0. The second kappa shape index (κ2) is 9.25. The second-order valence-corrected chi connectivity index (χ2v) is 7.33. The largest absolute Gasteiger partial charge is 0.450 e. The van der Waals surface area contributed by atoms with E-state index in [2.05, 4.69) is 0 Å². The smallest absolute Gasteiger partial charge is 0.394 e. The van der Waals surface area contributed by atoms with E-state index in [9.17, 15) is 37.8 Å². The number of nitrogens with zero attached hydrogens (tertiary/aromatic N) is 1. The molecule has 1 aliphatic rings. The first-order chi connectivity index (χ1) is 13.9. The van der Waals surface area contributed by atoms with Gasteiger partial charge in [0.15, 0.2) is 6.23 Å². The summed E-state index contributed by atoms with van der Waals surface area (Å²) in [6.45, 7) is 2.62. The normalized spacial score (nSPS) is 25.2. The van der Waals surface area contributed by atoms with Crippen molar-refractivity contribution in [3.63, 3.8) is 0 Å². The van der Waals surface area contributed by atoms with Gasteiger partial charge in [0.05, 0.1) is 6.61 Å². The zero-order valence-electron chi connectivity index (χ0n) is 16.2. The number of aromatic nitrogens is 2. The van der Waals surface area contributed by atoms with Gasteiger partial charge in [-0.05, 0) is 26.7 Å². The molecule has 0 aromatic carbocycles. The summed E-state index contributed by atoms with van der Waals surface area (Å²) in [6.07, 6.45) is -9.54. The highest BCUT2D eigenvalue weighted by atomic mass is 19.4. The van der Waals surface area contributed by atoms with Crippen molar-refractivity contribution in [3.05, 3.63) is 44.2 Å². The monoisotopic (exact) mass is 436 g/mol. The zero-order valence-corrected chi connectivity index (χ0v) is 16.2. The first kappa shape index (κ1) is 24.0. The van der Waals surface area contributed by atoms with Crippen LogP contribution in [0.2, 0.25) is 0 Å². The summed E-state index contributed by atoms with van der Waals surface area (Å²) < 4.78 is 44.9. The highest BCUT2D eigenvalue weighted by Crippen LogP contribution is 2.29. The van der Waals surface area contributed by atoms with E-state index in [0.29, 0.717) is 10.1 Å². The Kier molecular flexibility index (Phi) is 7.40. The quantitative estimate of drug-likeness (QED) is 0.434. The topological polar surface area (TPSA) is 142 Å². The van der Waals surface area contributed by atoms with Gasteiger partial charge in [-0.3, -0.25) is 19.1 Å². The van der Waals surface area contributed by atoms with E-state index in [1.807, 2.05) is 4.98 Å². The average Bonchev–Trinajstić information content (AvgIpc) is 2.93. The lowest BCUT2D eigenvalue weighted by atomic mass is 9.92. The van der Waals surface area contributed by atoms with Crippen molar-refractivity contribution < 1.29 is 38.0 Å². The summed E-state index contributed by atoms with van der Waals surface area (Å²) in [5.41, 5.74) is -1.65. The van der Waals surface area contributed by atoms with E-state index >= 15 is 0 Å². The summed E-state index contributed by atoms with van der Waals surface area (Å²) >= 11 is 0. The number of ether oxygens (including phenoxy) is 1. The van der Waals surface area contributed by atoms with E-state index in [1.54, 1.807) is 13.8 Å². The van der Waals surface area contributed by atoms with Gasteiger partial charge in [0, 0.05) is 17.7 Å². The lowest BCUT2D eigenvalue weighted by Crippen LogP contribution is -2.40. The number of aromatic amines is 1. The number of Topliss-reactive ketones (excluding diaryl/α,β-unsaturated/α-hetero) is 1. The Morgan fingerprint density at radius 2 is 1.93 bits per heavy atom. The van der Waals surface area contributed by atoms with Crippen LogP contribution in [0.5, 0.6) is 0 Å². The molecule has 9 nitrogen and oxygen atoms in total. The van der Waals surface area contributed by atoms with Crippen LogP contribution in [0.3, 0.4) is 0 Å². The van der Waals surface area contributed by atoms with Crippen LogP contribution in [-0.4, -0.2) is 61.7 Å². The summed E-state index contributed by atoms with van der Waals surface area (Å²) in [5.74, 6) is -3.61. The number of ketones is 1. The SMILES string of the molecule is CC(C)=CCC(Cc1cn([C@@H]2O[C@H](CO)C(O)C2O)c(=O)[nH]c1=O)C(=O)C(F)(F)F. The molecule has 12 heteroatoms. The third-order valence-electron chi connectivity index (χ3n) is 4.76. The third kappa shape index (κ3) is 5.25. The first-order valence-corrected chi connectivity index (χ1v) is 9.08. The van der Waals surface area contributed by atoms with Crippen molar-refractivity contribution in [2.24, 2.45) is 5.92 Å². The number of H-pyrrole nitrogens is 1. The lowest BCUT2D eigenvalue weighted by Gasteiger charge is -2.20. The Morgan fingerprint density at radius 3 is 2.43 bits per heavy atom. The predicted octanol–water partition coefficient (Wildman–Crippen LogP) is -0.206. The Balaban J connectivity index is 2.42. The average molecular weight is 436 g/mol. The van der Waals surface area contributed by atoms with Crippen molar-refractivity contribution in [1.82, 2.24) is 9.55 Å². The number of carbonyl (C=O) groups excluding carboxylic acids is 1. The summed E-state index contributed by atoms with van der Waals surface area (Å²) in [4.78, 5) is 38.0. The molecule has 1 aliphatic heterocycles. The number of halogens is 3. The second-order valence-electron chi connectivity index (χ2n) is 7.33. The fourth-order valence-electron chi connectivity index (χ4n) is 3.13. The number of carbonyl (C=O) groups is 1. The van der Waals surface area contributed by atoms with Gasteiger partial charge in [-0.2, -0.15) is 13.2 Å². The fourth-order valence-corrected chi connectivity index (χ4v) is 3.13. The van der Waals surface area contributed by atoms with Crippen molar-refractivity contribution >= 4 is 5.78 Å². The number of hydrogen-bond acceptors (Lipinski definition) is 7. The highest BCUT2D eigenvalue weighted by molar-refractivity contribution is 5.86. The number of aliphatic hydroxyl groups excluding tert-OH is 3. The van der Waals surface area contributed by atoms with E-state index < -0.39 is 66.7 Å². The van der Waals surface area contributed by atoms with Crippen LogP contribution in [0, 0.1) is 5.92 Å². The molecule has 0 amide bonds. The molecule has 3 unspecified atom stereocenters. The van der Waals surface area contributed by atoms with Gasteiger partial charge in [0.25, 0.3) is 5.56 Å². The molecule has 2 heterocycles. The van der Waals surface area contributed by atoms with Crippen molar-refractivity contribution in [2.45, 2.75) is 57.4 Å². The molecule has 4 N–H and O–H groups in total. The van der Waals surface area contributed by atoms with E-state index in [0.717, 1.165) is 6.20 Å². The van der Waals surface area contributed by atoms with E-state index in [4.69, 9.17) is 9.84 Å². The van der Waals surface area contributed by atoms with Gasteiger partial charge in [-0.15, -0.1) is 0 Å². The number of alkyl halides is 3. The van der Waals surface area contributed by atoms with Crippen LogP contribution in [0.25, 0.3) is 0 Å². The number of nitrogens with one attached hydrogen (secondary N) is 1. The van der Waals surface area contributed by atoms with Crippen molar-refractivity contribution in [2.75, 3.05) is 6.61 Å². The minimum Gasteiger partial charge on any atom is -0.394 e. The summed E-state index contributed by atoms with van der Waals surface area (Å²) in [6, 6.07) is 0. The molecule has 30 heavy (non-hydrogen) atoms. The highest BCUT2D eigenvalue weighted by Gasteiger charge is 2.45. The van der Waals surface area contributed by atoms with Crippen LogP contribution in [-0.2, 0) is 16.0 Å². The number of aliphatic hydroxyl groups is 3. The maximum Gasteiger partial charge on any atom is 0.450 e. The van der Waals surface area contributed by atoms with Gasteiger partial charge in [0.1, 0.15) is 18.3 Å². The Labute approximate surface area is 168 Å². The van der Waals surface area contributed by atoms with E-state index in [1.165, 1.54) is 6.08 Å². The fraction of sp³-hybridized carbons (Fsp3) is 0.611. The standard InChI is InChI=1S/C18H23F3N2O7/c1-8(2)3-4-9(14(27)18(19,20)21)5-10-6-23(17(29)22-15(10)28)16-13(26)12(25)11(7-24)30-16/h3,6,9,11-13,16,24-26H,4-5,7H2,1-2H3,(H,22,28,29)/t9?,11-,12?,13?,16-/m1/s1. The van der Waals surface area contributed by atoms with Crippen molar-refractivity contribution in [1.29, 1.82) is 0 Å². The molecule has 168 valence electrons. The molecule has 1 aromatic heterocycles. The Bertz CT molecular complexity index is 918. The minimum absolute atomic E-state index is 0.271. The molecule has 0 spiro atoms. The molecular weight excluding hydrogens is 413 g/mol. The van der Waals surface area contributed by atoms with E-state index in [-0.39, 0.29) is 12.0 Å². The Morgan fingerprint density at radius 1 is 1.30 bits per heavy atom. The molecule has 0 saturated carbocycles. The van der Waals surface area contributed by atoms with Crippen LogP contribution in [0.1, 0.15) is 32.1 Å². The van der Waals surface area contributed by atoms with Crippen LogP contribution >= 0.6 is 0 Å². The van der Waals surface area contributed by atoms with Crippen LogP contribution in [0.15, 0.2) is 27.4 Å². The third-order valence-corrected chi connectivity index (χ3v) is 4.76. The van der Waals surface area contributed by atoms with Gasteiger partial charge >= 0.3 is 11.9 Å². The zero-order chi connectivity index (χ0) is 22.8. The summed E-state index contributed by atoms with van der Waals surface area (Å²) in [5, 5.41) is 29.1. The van der Waals surface area contributed by atoms with Crippen LogP contribution < -0.4 is 11.2 Å². The number of allylic oxidation sites excluding steroid dienone is 2. The molecule has 1 aromatic rings. The molecular formula is C18H23F3N2O7.